The smallest absolute Gasteiger partial charge is 0.193 e. The Morgan fingerprint density at radius 3 is 2.33 bits per heavy atom. The second-order valence-electron chi connectivity index (χ2n) is 10.3. The van der Waals surface area contributed by atoms with E-state index in [0.717, 1.165) is 18.5 Å². The van der Waals surface area contributed by atoms with Gasteiger partial charge >= 0.3 is 0 Å². The predicted molar refractivity (Wildman–Crippen MR) is 146 cm³/mol. The molecule has 0 amide bonds. The van der Waals surface area contributed by atoms with E-state index in [1.54, 1.807) is 24.5 Å². The van der Waals surface area contributed by atoms with Crippen LogP contribution in [-0.2, 0) is 5.41 Å². The lowest BCUT2D eigenvalue weighted by Crippen LogP contribution is -2.30. The standard InChI is InChI=1S/C33H26N2O/c1-33(2)28-9-5-3-7-24(28)26-20-31-27(19-29(26)33)25-8-4-6-10-30(25)35(31)23-13-11-21(12-14-23)32(36)22-15-17-34-18-16-22/h3,5,7-20H,4,6H2,1-2H3. The second-order valence-corrected chi connectivity index (χ2v) is 10.3. The van der Waals surface area contributed by atoms with Gasteiger partial charge in [0.25, 0.3) is 0 Å². The van der Waals surface area contributed by atoms with Gasteiger partial charge in [0.05, 0.1) is 5.52 Å². The summed E-state index contributed by atoms with van der Waals surface area (Å²) in [5.41, 5.74) is 9.04. The first-order chi connectivity index (χ1) is 17.5. The lowest BCUT2D eigenvalue weighted by molar-refractivity contribution is 0.103. The maximum atomic E-state index is 12.9. The molecule has 2 aliphatic rings. The molecule has 0 bridgehead atoms. The monoisotopic (exact) mass is 466 g/mol. The summed E-state index contributed by atoms with van der Waals surface area (Å²) >= 11 is 0. The van der Waals surface area contributed by atoms with Gasteiger partial charge in [-0.2, -0.15) is 0 Å². The number of ketones is 1. The van der Waals surface area contributed by atoms with E-state index in [-0.39, 0.29) is 11.2 Å². The summed E-state index contributed by atoms with van der Waals surface area (Å²) in [5, 5.41) is 3.87. The van der Waals surface area contributed by atoms with Gasteiger partial charge in [0, 0.05) is 50.6 Å². The number of carbonyl (C=O) groups is 1. The number of fused-ring (bicyclic) bond motifs is 6. The van der Waals surface area contributed by atoms with E-state index in [1.807, 2.05) is 12.1 Å². The van der Waals surface area contributed by atoms with Crippen molar-refractivity contribution in [1.82, 2.24) is 9.55 Å². The number of pyridine rings is 1. The third-order valence-electron chi connectivity index (χ3n) is 7.93. The van der Waals surface area contributed by atoms with Crippen molar-refractivity contribution in [1.29, 1.82) is 0 Å². The zero-order chi connectivity index (χ0) is 24.4. The van der Waals surface area contributed by atoms with Crippen LogP contribution in [0.3, 0.4) is 0 Å². The molecule has 3 aromatic carbocycles. The molecule has 0 atom stereocenters. The van der Waals surface area contributed by atoms with E-state index >= 15 is 0 Å². The molecule has 2 aromatic heterocycles. The third-order valence-corrected chi connectivity index (χ3v) is 7.93. The summed E-state index contributed by atoms with van der Waals surface area (Å²) in [5.74, 6) is 0.0138. The van der Waals surface area contributed by atoms with Crippen LogP contribution >= 0.6 is 0 Å². The molecular formula is C33H26N2O. The van der Waals surface area contributed by atoms with E-state index in [9.17, 15) is 4.79 Å². The summed E-state index contributed by atoms with van der Waals surface area (Å²) in [7, 11) is 0. The van der Waals surface area contributed by atoms with E-state index < -0.39 is 0 Å². The zero-order valence-electron chi connectivity index (χ0n) is 20.5. The highest BCUT2D eigenvalue weighted by Gasteiger charge is 2.36. The van der Waals surface area contributed by atoms with Crippen LogP contribution in [0.4, 0.5) is 0 Å². The van der Waals surface area contributed by atoms with Crippen LogP contribution in [0.15, 0.2) is 85.2 Å². The number of benzene rings is 3. The van der Waals surface area contributed by atoms with Crippen molar-refractivity contribution >= 4 is 28.8 Å². The van der Waals surface area contributed by atoms with Gasteiger partial charge in [-0.25, -0.2) is 0 Å². The maximum Gasteiger partial charge on any atom is 0.193 e. The second kappa shape index (κ2) is 7.63. The van der Waals surface area contributed by atoms with E-state index in [1.165, 1.54) is 43.7 Å². The largest absolute Gasteiger partial charge is 0.310 e. The Morgan fingerprint density at radius 2 is 1.53 bits per heavy atom. The molecule has 0 saturated heterocycles. The molecule has 0 unspecified atom stereocenters. The van der Waals surface area contributed by atoms with Crippen LogP contribution in [0.1, 0.15) is 53.7 Å². The van der Waals surface area contributed by atoms with Crippen molar-refractivity contribution in [2.75, 3.05) is 0 Å². The van der Waals surface area contributed by atoms with Crippen LogP contribution in [0, 0.1) is 0 Å². The fraction of sp³-hybridized carbons (Fsp3) is 0.152. The van der Waals surface area contributed by atoms with Crippen molar-refractivity contribution in [3.63, 3.8) is 0 Å². The maximum absolute atomic E-state index is 12.9. The molecule has 0 radical (unpaired) electrons. The predicted octanol–water partition coefficient (Wildman–Crippen LogP) is 5.92. The van der Waals surface area contributed by atoms with E-state index in [4.69, 9.17) is 0 Å². The van der Waals surface area contributed by atoms with Crippen LogP contribution in [0.5, 0.6) is 0 Å². The van der Waals surface area contributed by atoms with Crippen molar-refractivity contribution in [3.05, 3.63) is 118 Å². The Balaban J connectivity index is 1.44. The van der Waals surface area contributed by atoms with Crippen molar-refractivity contribution in [2.24, 2.45) is 0 Å². The van der Waals surface area contributed by atoms with Gasteiger partial charge < -0.3 is 4.57 Å². The average Bonchev–Trinajstić information content (AvgIpc) is 3.37. The van der Waals surface area contributed by atoms with Gasteiger partial charge in [0.2, 0.25) is 0 Å². The highest BCUT2D eigenvalue weighted by Crippen LogP contribution is 2.49. The summed E-state index contributed by atoms with van der Waals surface area (Å²) in [6.45, 7) is 4.67. The Morgan fingerprint density at radius 1 is 0.806 bits per heavy atom. The molecule has 174 valence electrons. The molecule has 7 rings (SSSR count). The van der Waals surface area contributed by atoms with Gasteiger partial charge in [-0.05, 0) is 83.6 Å². The minimum Gasteiger partial charge on any atom is -0.310 e. The van der Waals surface area contributed by atoms with E-state index in [0.29, 0.717) is 11.1 Å². The third kappa shape index (κ3) is 2.92. The SMILES string of the molecule is CC1(C)c2ccccc2-c2cc3c(cc21)c1c(n3-c2ccc(C(=O)c3ccncc3)cc2)=CCCC=1. The molecule has 0 saturated carbocycles. The summed E-state index contributed by atoms with van der Waals surface area (Å²) in [6.07, 6.45) is 10.2. The average molecular weight is 467 g/mol. The quantitative estimate of drug-likeness (QED) is 0.310. The first-order valence-electron chi connectivity index (χ1n) is 12.6. The Kier molecular flexibility index (Phi) is 4.47. The summed E-state index contributed by atoms with van der Waals surface area (Å²) in [4.78, 5) is 17.0. The van der Waals surface area contributed by atoms with Crippen LogP contribution in [0.2, 0.25) is 0 Å². The molecule has 2 heterocycles. The van der Waals surface area contributed by atoms with Crippen LogP contribution in [-0.4, -0.2) is 15.3 Å². The van der Waals surface area contributed by atoms with Crippen LogP contribution < -0.4 is 10.6 Å². The number of aromatic nitrogens is 2. The lowest BCUT2D eigenvalue weighted by atomic mass is 9.82. The zero-order valence-corrected chi connectivity index (χ0v) is 20.5. The Labute approximate surface area is 210 Å². The highest BCUT2D eigenvalue weighted by molar-refractivity contribution is 6.09. The molecule has 2 aliphatic carbocycles. The number of nitrogens with zero attached hydrogens (tertiary/aromatic N) is 2. The molecule has 3 heteroatoms. The highest BCUT2D eigenvalue weighted by atomic mass is 16.1. The molecule has 36 heavy (non-hydrogen) atoms. The lowest BCUT2D eigenvalue weighted by Gasteiger charge is -2.21. The fourth-order valence-corrected chi connectivity index (χ4v) is 6.10. The summed E-state index contributed by atoms with van der Waals surface area (Å²) < 4.78 is 2.37. The molecule has 0 N–H and O–H groups in total. The molecule has 0 aliphatic heterocycles. The van der Waals surface area contributed by atoms with E-state index in [2.05, 4.69) is 84.1 Å². The fourth-order valence-electron chi connectivity index (χ4n) is 6.10. The minimum atomic E-state index is -0.0253. The van der Waals surface area contributed by atoms with Gasteiger partial charge in [0.1, 0.15) is 0 Å². The molecule has 0 spiro atoms. The van der Waals surface area contributed by atoms with Gasteiger partial charge in [0.15, 0.2) is 5.78 Å². The Hall–Kier alpha value is -4.24. The van der Waals surface area contributed by atoms with Crippen molar-refractivity contribution in [3.8, 4) is 16.8 Å². The van der Waals surface area contributed by atoms with Crippen molar-refractivity contribution < 1.29 is 4.79 Å². The van der Waals surface area contributed by atoms with Crippen LogP contribution in [0.25, 0.3) is 39.9 Å². The molecule has 3 nitrogen and oxygen atoms in total. The molecule has 0 fully saturated rings. The number of carbonyl (C=O) groups excluding carboxylic acids is 1. The topological polar surface area (TPSA) is 34.9 Å². The minimum absolute atomic E-state index is 0.0138. The van der Waals surface area contributed by atoms with Gasteiger partial charge in [-0.3, -0.25) is 9.78 Å². The van der Waals surface area contributed by atoms with Gasteiger partial charge in [-0.15, -0.1) is 0 Å². The van der Waals surface area contributed by atoms with Crippen molar-refractivity contribution in [2.45, 2.75) is 32.1 Å². The number of hydrogen-bond acceptors (Lipinski definition) is 2. The first kappa shape index (κ1) is 21.1. The number of hydrogen-bond donors (Lipinski definition) is 0. The Bertz CT molecular complexity index is 1810. The number of rotatable bonds is 3. The first-order valence-corrected chi connectivity index (χ1v) is 12.6. The molecule has 5 aromatic rings. The normalized spacial score (nSPS) is 14.9. The molecular weight excluding hydrogens is 440 g/mol. The van der Waals surface area contributed by atoms with Gasteiger partial charge in [-0.1, -0.05) is 50.3 Å². The summed E-state index contributed by atoms with van der Waals surface area (Å²) in [6, 6.07) is 25.2.